The minimum Gasteiger partial charge on any atom is -0.355 e. The first-order valence-corrected chi connectivity index (χ1v) is 7.90. The van der Waals surface area contributed by atoms with Gasteiger partial charge >= 0.3 is 0 Å². The van der Waals surface area contributed by atoms with Crippen molar-refractivity contribution in [2.45, 2.75) is 51.5 Å². The molecule has 1 saturated heterocycles. The van der Waals surface area contributed by atoms with Crippen LogP contribution in [0.4, 0.5) is 0 Å². The molecule has 20 heavy (non-hydrogen) atoms. The minimum atomic E-state index is -0.0920. The molecule has 1 aliphatic carbocycles. The Morgan fingerprint density at radius 1 is 1.20 bits per heavy atom. The summed E-state index contributed by atoms with van der Waals surface area (Å²) < 4.78 is 0. The van der Waals surface area contributed by atoms with Gasteiger partial charge in [-0.2, -0.15) is 0 Å². The maximum Gasteiger partial charge on any atom is 0.224 e. The highest BCUT2D eigenvalue weighted by Crippen LogP contribution is 2.28. The maximum absolute atomic E-state index is 12.2. The molecule has 5 nitrogen and oxygen atoms in total. The fraction of sp³-hybridized carbons (Fsp3) is 0.867. The molecule has 0 aromatic heterocycles. The van der Waals surface area contributed by atoms with Crippen molar-refractivity contribution in [3.05, 3.63) is 0 Å². The molecule has 5 heteroatoms. The van der Waals surface area contributed by atoms with Gasteiger partial charge in [0.2, 0.25) is 11.8 Å². The predicted octanol–water partition coefficient (Wildman–Crippen LogP) is 0.879. The van der Waals surface area contributed by atoms with E-state index in [1.807, 2.05) is 4.90 Å². The quantitative estimate of drug-likeness (QED) is 0.803. The Bertz CT molecular complexity index is 343. The maximum atomic E-state index is 12.2. The van der Waals surface area contributed by atoms with Crippen molar-refractivity contribution in [2.75, 3.05) is 19.6 Å². The van der Waals surface area contributed by atoms with Gasteiger partial charge in [0.1, 0.15) is 0 Å². The van der Waals surface area contributed by atoms with Gasteiger partial charge in [0.25, 0.3) is 0 Å². The lowest BCUT2D eigenvalue weighted by molar-refractivity contribution is -0.130. The number of hydrogen-bond donors (Lipinski definition) is 2. The van der Waals surface area contributed by atoms with Crippen LogP contribution in [-0.4, -0.2) is 42.4 Å². The Morgan fingerprint density at radius 3 is 2.55 bits per heavy atom. The average Bonchev–Trinajstić information content (AvgIpc) is 2.92. The standard InChI is InChI=1S/C15H27N3O2/c1-11-5-4-6-12(16)14(11)15(20)17-8-7-13(19)18-9-2-3-10-18/h11-12,14H,2-10,16H2,1H3,(H,17,20). The second kappa shape index (κ2) is 7.07. The molecule has 1 saturated carbocycles. The molecule has 0 aromatic rings. The number of likely N-dealkylation sites (tertiary alicyclic amines) is 1. The number of hydrogen-bond acceptors (Lipinski definition) is 3. The number of nitrogens with zero attached hydrogens (tertiary/aromatic N) is 1. The summed E-state index contributed by atoms with van der Waals surface area (Å²) in [6.45, 7) is 4.28. The number of amides is 2. The van der Waals surface area contributed by atoms with Crippen molar-refractivity contribution in [3.63, 3.8) is 0 Å². The lowest BCUT2D eigenvalue weighted by atomic mass is 9.76. The lowest BCUT2D eigenvalue weighted by Crippen LogP contribution is -2.47. The molecule has 0 aromatic carbocycles. The van der Waals surface area contributed by atoms with Gasteiger partial charge < -0.3 is 16.0 Å². The molecule has 2 amide bonds. The van der Waals surface area contributed by atoms with E-state index in [-0.39, 0.29) is 23.8 Å². The van der Waals surface area contributed by atoms with Gasteiger partial charge in [-0.05, 0) is 31.6 Å². The monoisotopic (exact) mass is 281 g/mol. The van der Waals surface area contributed by atoms with Crippen LogP contribution in [0.1, 0.15) is 45.4 Å². The van der Waals surface area contributed by atoms with E-state index in [0.29, 0.717) is 18.9 Å². The number of nitrogens with two attached hydrogens (primary N) is 1. The van der Waals surface area contributed by atoms with E-state index < -0.39 is 0 Å². The fourth-order valence-electron chi connectivity index (χ4n) is 3.44. The summed E-state index contributed by atoms with van der Waals surface area (Å²) in [6.07, 6.45) is 5.72. The first-order chi connectivity index (χ1) is 9.59. The largest absolute Gasteiger partial charge is 0.355 e. The third kappa shape index (κ3) is 3.72. The summed E-state index contributed by atoms with van der Waals surface area (Å²) in [4.78, 5) is 26.0. The number of carbonyl (C=O) groups is 2. The smallest absolute Gasteiger partial charge is 0.224 e. The average molecular weight is 281 g/mol. The highest BCUT2D eigenvalue weighted by molar-refractivity contribution is 5.81. The van der Waals surface area contributed by atoms with E-state index in [9.17, 15) is 9.59 Å². The van der Waals surface area contributed by atoms with E-state index in [1.165, 1.54) is 0 Å². The van der Waals surface area contributed by atoms with Crippen LogP contribution in [0.5, 0.6) is 0 Å². The topological polar surface area (TPSA) is 75.4 Å². The highest BCUT2D eigenvalue weighted by atomic mass is 16.2. The van der Waals surface area contributed by atoms with Gasteiger partial charge in [0, 0.05) is 32.1 Å². The van der Waals surface area contributed by atoms with Crippen molar-refractivity contribution in [3.8, 4) is 0 Å². The molecular weight excluding hydrogens is 254 g/mol. The Morgan fingerprint density at radius 2 is 1.90 bits per heavy atom. The SMILES string of the molecule is CC1CCCC(N)C1C(=O)NCCC(=O)N1CCCC1. The molecule has 0 radical (unpaired) electrons. The van der Waals surface area contributed by atoms with Gasteiger partial charge in [0.05, 0.1) is 5.92 Å². The molecule has 3 atom stereocenters. The summed E-state index contributed by atoms with van der Waals surface area (Å²) in [7, 11) is 0. The summed E-state index contributed by atoms with van der Waals surface area (Å²) in [5, 5.41) is 2.90. The van der Waals surface area contributed by atoms with Crippen molar-refractivity contribution in [1.29, 1.82) is 0 Å². The van der Waals surface area contributed by atoms with Crippen LogP contribution in [0.2, 0.25) is 0 Å². The van der Waals surface area contributed by atoms with Gasteiger partial charge in [-0.1, -0.05) is 13.3 Å². The van der Waals surface area contributed by atoms with E-state index in [2.05, 4.69) is 12.2 Å². The third-order valence-electron chi connectivity index (χ3n) is 4.67. The zero-order valence-electron chi connectivity index (χ0n) is 12.4. The van der Waals surface area contributed by atoms with Gasteiger partial charge in [-0.15, -0.1) is 0 Å². The summed E-state index contributed by atoms with van der Waals surface area (Å²) in [5.41, 5.74) is 6.07. The zero-order valence-corrected chi connectivity index (χ0v) is 12.4. The first-order valence-electron chi connectivity index (χ1n) is 7.90. The van der Waals surface area contributed by atoms with Crippen molar-refractivity contribution >= 4 is 11.8 Å². The molecule has 1 heterocycles. The zero-order chi connectivity index (χ0) is 14.5. The van der Waals surface area contributed by atoms with Crippen LogP contribution in [0.25, 0.3) is 0 Å². The van der Waals surface area contributed by atoms with Crippen LogP contribution in [0.3, 0.4) is 0 Å². The first kappa shape index (κ1) is 15.3. The fourth-order valence-corrected chi connectivity index (χ4v) is 3.44. The summed E-state index contributed by atoms with van der Waals surface area (Å²) in [6, 6.07) is -0.0342. The molecular formula is C15H27N3O2. The highest BCUT2D eigenvalue weighted by Gasteiger charge is 2.33. The van der Waals surface area contributed by atoms with Gasteiger partial charge in [-0.3, -0.25) is 9.59 Å². The molecule has 114 valence electrons. The van der Waals surface area contributed by atoms with Crippen LogP contribution in [0.15, 0.2) is 0 Å². The Balaban J connectivity index is 1.72. The Kier molecular flexibility index (Phi) is 5.40. The van der Waals surface area contributed by atoms with Crippen LogP contribution in [0, 0.1) is 11.8 Å². The minimum absolute atomic E-state index is 0.0268. The van der Waals surface area contributed by atoms with Crippen LogP contribution in [-0.2, 0) is 9.59 Å². The Labute approximate surface area is 121 Å². The van der Waals surface area contributed by atoms with Crippen LogP contribution < -0.4 is 11.1 Å². The molecule has 3 N–H and O–H groups in total. The number of rotatable bonds is 4. The van der Waals surface area contributed by atoms with E-state index >= 15 is 0 Å². The molecule has 2 fully saturated rings. The molecule has 0 bridgehead atoms. The van der Waals surface area contributed by atoms with E-state index in [0.717, 1.165) is 45.2 Å². The molecule has 1 aliphatic heterocycles. The van der Waals surface area contributed by atoms with Crippen molar-refractivity contribution < 1.29 is 9.59 Å². The second-order valence-electron chi connectivity index (χ2n) is 6.23. The Hall–Kier alpha value is -1.10. The molecule has 2 rings (SSSR count). The van der Waals surface area contributed by atoms with Crippen LogP contribution >= 0.6 is 0 Å². The predicted molar refractivity (Wildman–Crippen MR) is 77.9 cm³/mol. The van der Waals surface area contributed by atoms with Gasteiger partial charge in [-0.25, -0.2) is 0 Å². The number of nitrogens with one attached hydrogen (secondary N) is 1. The second-order valence-corrected chi connectivity index (χ2v) is 6.23. The summed E-state index contributed by atoms with van der Waals surface area (Å²) in [5.74, 6) is 0.432. The van der Waals surface area contributed by atoms with E-state index in [4.69, 9.17) is 5.73 Å². The van der Waals surface area contributed by atoms with Crippen molar-refractivity contribution in [1.82, 2.24) is 10.2 Å². The van der Waals surface area contributed by atoms with E-state index in [1.54, 1.807) is 0 Å². The van der Waals surface area contributed by atoms with Gasteiger partial charge in [0.15, 0.2) is 0 Å². The lowest BCUT2D eigenvalue weighted by Gasteiger charge is -2.33. The molecule has 0 spiro atoms. The molecule has 2 aliphatic rings. The summed E-state index contributed by atoms with van der Waals surface area (Å²) >= 11 is 0. The molecule has 3 unspecified atom stereocenters. The van der Waals surface area contributed by atoms with Crippen molar-refractivity contribution in [2.24, 2.45) is 17.6 Å². The number of carbonyl (C=O) groups excluding carboxylic acids is 2. The normalized spacial score (nSPS) is 30.3. The third-order valence-corrected chi connectivity index (χ3v) is 4.67.